The van der Waals surface area contributed by atoms with Gasteiger partial charge in [-0.05, 0) is 37.6 Å². The molecule has 0 radical (unpaired) electrons. The zero-order valence-corrected chi connectivity index (χ0v) is 17.2. The molecule has 0 aliphatic heterocycles. The van der Waals surface area contributed by atoms with Crippen molar-refractivity contribution < 1.29 is 8.42 Å². The normalized spacial score (nSPS) is 11.7. The van der Waals surface area contributed by atoms with Crippen molar-refractivity contribution in [3.8, 4) is 10.6 Å². The molecule has 0 aliphatic rings. The zero-order valence-electron chi connectivity index (χ0n) is 14.1. The second-order valence-electron chi connectivity index (χ2n) is 5.74. The summed E-state index contributed by atoms with van der Waals surface area (Å²) in [5.41, 5.74) is 2.97. The molecule has 0 spiro atoms. The number of nitrogens with zero attached hydrogens (tertiary/aromatic N) is 1. The molecule has 3 rings (SSSR count). The van der Waals surface area contributed by atoms with Gasteiger partial charge in [-0.15, -0.1) is 11.3 Å². The van der Waals surface area contributed by atoms with Crippen LogP contribution in [0.3, 0.4) is 0 Å². The SMILES string of the molecule is Cc1ccccc1-c1nc(C)c(CNS(=O)(=O)c2cc(Cl)ccc2Cl)s1. The third-order valence-corrected chi connectivity index (χ3v) is 7.18. The van der Waals surface area contributed by atoms with Crippen LogP contribution in [0.25, 0.3) is 10.6 Å². The molecule has 0 aliphatic carbocycles. The lowest BCUT2D eigenvalue weighted by Gasteiger charge is -2.08. The van der Waals surface area contributed by atoms with Crippen LogP contribution in [0, 0.1) is 13.8 Å². The van der Waals surface area contributed by atoms with Crippen LogP contribution < -0.4 is 4.72 Å². The molecule has 0 atom stereocenters. The van der Waals surface area contributed by atoms with Crippen LogP contribution in [0.15, 0.2) is 47.4 Å². The number of aryl methyl sites for hydroxylation is 2. The zero-order chi connectivity index (χ0) is 18.9. The first kappa shape index (κ1) is 19.3. The molecule has 1 N–H and O–H groups in total. The van der Waals surface area contributed by atoms with Gasteiger partial charge in [-0.1, -0.05) is 47.5 Å². The summed E-state index contributed by atoms with van der Waals surface area (Å²) in [5.74, 6) is 0. The first-order valence-electron chi connectivity index (χ1n) is 7.75. The summed E-state index contributed by atoms with van der Waals surface area (Å²) in [7, 11) is -3.78. The molecule has 0 fully saturated rings. The van der Waals surface area contributed by atoms with Crippen molar-refractivity contribution in [2.45, 2.75) is 25.3 Å². The molecule has 8 heteroatoms. The Bertz CT molecular complexity index is 1060. The molecule has 4 nitrogen and oxygen atoms in total. The van der Waals surface area contributed by atoms with Crippen molar-refractivity contribution >= 4 is 44.6 Å². The fourth-order valence-corrected chi connectivity index (χ4v) is 5.38. The van der Waals surface area contributed by atoms with E-state index in [4.69, 9.17) is 23.2 Å². The maximum Gasteiger partial charge on any atom is 0.242 e. The minimum atomic E-state index is -3.78. The first-order valence-corrected chi connectivity index (χ1v) is 10.8. The van der Waals surface area contributed by atoms with Crippen molar-refractivity contribution in [1.29, 1.82) is 0 Å². The summed E-state index contributed by atoms with van der Waals surface area (Å²) in [6.45, 7) is 4.03. The van der Waals surface area contributed by atoms with Crippen LogP contribution in [0.5, 0.6) is 0 Å². The smallest absolute Gasteiger partial charge is 0.241 e. The second-order valence-corrected chi connectivity index (χ2v) is 9.40. The van der Waals surface area contributed by atoms with Crippen LogP contribution in [0.1, 0.15) is 16.1 Å². The molecule has 0 saturated heterocycles. The van der Waals surface area contributed by atoms with Gasteiger partial charge in [0.05, 0.1) is 10.7 Å². The summed E-state index contributed by atoms with van der Waals surface area (Å²) < 4.78 is 27.7. The lowest BCUT2D eigenvalue weighted by atomic mass is 10.1. The van der Waals surface area contributed by atoms with E-state index >= 15 is 0 Å². The van der Waals surface area contributed by atoms with Gasteiger partial charge in [0.2, 0.25) is 10.0 Å². The number of nitrogens with one attached hydrogen (secondary N) is 1. The van der Waals surface area contributed by atoms with Crippen molar-refractivity contribution in [2.75, 3.05) is 0 Å². The van der Waals surface area contributed by atoms with E-state index < -0.39 is 10.0 Å². The minimum absolute atomic E-state index is 0.0343. The van der Waals surface area contributed by atoms with Gasteiger partial charge in [0.1, 0.15) is 9.90 Å². The van der Waals surface area contributed by atoms with E-state index in [0.29, 0.717) is 5.02 Å². The quantitative estimate of drug-likeness (QED) is 0.608. The number of hydrogen-bond acceptors (Lipinski definition) is 4. The molecule has 136 valence electrons. The Balaban J connectivity index is 1.84. The summed E-state index contributed by atoms with van der Waals surface area (Å²) >= 11 is 13.4. The van der Waals surface area contributed by atoms with E-state index in [1.54, 1.807) is 6.07 Å². The third kappa shape index (κ3) is 4.10. The van der Waals surface area contributed by atoms with Gasteiger partial charge in [-0.3, -0.25) is 0 Å². The average molecular weight is 427 g/mol. The molecule has 0 unspecified atom stereocenters. The molecular weight excluding hydrogens is 411 g/mol. The molecule has 3 aromatic rings. The molecule has 1 heterocycles. The van der Waals surface area contributed by atoms with E-state index in [2.05, 4.69) is 9.71 Å². The number of hydrogen-bond donors (Lipinski definition) is 1. The van der Waals surface area contributed by atoms with E-state index in [1.807, 2.05) is 38.1 Å². The lowest BCUT2D eigenvalue weighted by molar-refractivity contribution is 0.581. The Morgan fingerprint density at radius 1 is 1.12 bits per heavy atom. The predicted molar refractivity (Wildman–Crippen MR) is 108 cm³/mol. The van der Waals surface area contributed by atoms with E-state index in [0.717, 1.165) is 26.7 Å². The molecular formula is C18H16Cl2N2O2S2. The molecule has 2 aromatic carbocycles. The van der Waals surface area contributed by atoms with Gasteiger partial charge in [0.15, 0.2) is 0 Å². The maximum atomic E-state index is 12.6. The highest BCUT2D eigenvalue weighted by atomic mass is 35.5. The fourth-order valence-electron chi connectivity index (χ4n) is 2.44. The van der Waals surface area contributed by atoms with Crippen molar-refractivity contribution in [3.05, 3.63) is 68.6 Å². The Labute approximate surface area is 166 Å². The largest absolute Gasteiger partial charge is 0.242 e. The van der Waals surface area contributed by atoms with E-state index in [-0.39, 0.29) is 16.5 Å². The van der Waals surface area contributed by atoms with Gasteiger partial charge < -0.3 is 0 Å². The van der Waals surface area contributed by atoms with Gasteiger partial charge in [0, 0.05) is 22.0 Å². The highest BCUT2D eigenvalue weighted by Gasteiger charge is 2.20. The fraction of sp³-hybridized carbons (Fsp3) is 0.167. The van der Waals surface area contributed by atoms with Crippen LogP contribution in [0.4, 0.5) is 0 Å². The summed E-state index contributed by atoms with van der Waals surface area (Å²) in [6.07, 6.45) is 0. The number of benzene rings is 2. The molecule has 1 aromatic heterocycles. The molecule has 0 saturated carbocycles. The Morgan fingerprint density at radius 3 is 2.58 bits per heavy atom. The topological polar surface area (TPSA) is 59.1 Å². The van der Waals surface area contributed by atoms with E-state index in [9.17, 15) is 8.42 Å². The second kappa shape index (κ2) is 7.66. The lowest BCUT2D eigenvalue weighted by Crippen LogP contribution is -2.23. The minimum Gasteiger partial charge on any atom is -0.241 e. The number of halogens is 2. The monoisotopic (exact) mass is 426 g/mol. The number of aromatic nitrogens is 1. The van der Waals surface area contributed by atoms with Gasteiger partial charge in [0.25, 0.3) is 0 Å². The average Bonchev–Trinajstić information content (AvgIpc) is 2.96. The standard InChI is InChI=1S/C18H16Cl2N2O2S2/c1-11-5-3-4-6-14(11)18-22-12(2)16(25-18)10-21-26(23,24)17-9-13(19)7-8-15(17)20/h3-9,21H,10H2,1-2H3. The Morgan fingerprint density at radius 2 is 1.85 bits per heavy atom. The van der Waals surface area contributed by atoms with Gasteiger partial charge >= 0.3 is 0 Å². The van der Waals surface area contributed by atoms with Crippen molar-refractivity contribution in [2.24, 2.45) is 0 Å². The first-order chi connectivity index (χ1) is 12.3. The van der Waals surface area contributed by atoms with Crippen LogP contribution in [-0.4, -0.2) is 13.4 Å². The van der Waals surface area contributed by atoms with Crippen molar-refractivity contribution in [3.63, 3.8) is 0 Å². The Hall–Kier alpha value is -1.44. The van der Waals surface area contributed by atoms with Gasteiger partial charge in [-0.2, -0.15) is 0 Å². The van der Waals surface area contributed by atoms with E-state index in [1.165, 1.54) is 23.5 Å². The number of thiazole rings is 1. The van der Waals surface area contributed by atoms with Crippen LogP contribution in [-0.2, 0) is 16.6 Å². The number of sulfonamides is 1. The summed E-state index contributed by atoms with van der Waals surface area (Å²) in [5, 5.41) is 1.31. The Kier molecular flexibility index (Phi) is 5.69. The number of rotatable bonds is 5. The highest BCUT2D eigenvalue weighted by molar-refractivity contribution is 7.89. The highest BCUT2D eigenvalue weighted by Crippen LogP contribution is 2.31. The third-order valence-electron chi connectivity index (χ3n) is 3.87. The van der Waals surface area contributed by atoms with Crippen LogP contribution >= 0.6 is 34.5 Å². The van der Waals surface area contributed by atoms with Crippen LogP contribution in [0.2, 0.25) is 10.0 Å². The summed E-state index contributed by atoms with van der Waals surface area (Å²) in [4.78, 5) is 5.40. The van der Waals surface area contributed by atoms with Gasteiger partial charge in [-0.25, -0.2) is 18.1 Å². The summed E-state index contributed by atoms with van der Waals surface area (Å²) in [6, 6.07) is 12.3. The molecule has 0 amide bonds. The predicted octanol–water partition coefficient (Wildman–Crippen LogP) is 5.21. The maximum absolute atomic E-state index is 12.6. The van der Waals surface area contributed by atoms with Crippen molar-refractivity contribution in [1.82, 2.24) is 9.71 Å². The molecule has 26 heavy (non-hydrogen) atoms. The molecule has 0 bridgehead atoms.